The Morgan fingerprint density at radius 1 is 0.519 bits per heavy atom. The fourth-order valence-corrected chi connectivity index (χ4v) is 2.95. The highest BCUT2D eigenvalue weighted by atomic mass is 15.0. The van der Waals surface area contributed by atoms with Crippen molar-refractivity contribution in [3.8, 4) is 34.2 Å². The van der Waals surface area contributed by atoms with Gasteiger partial charge in [0.15, 0.2) is 0 Å². The summed E-state index contributed by atoms with van der Waals surface area (Å²) < 4.78 is 6.04. The Kier molecular flexibility index (Phi) is 6.88. The van der Waals surface area contributed by atoms with Crippen molar-refractivity contribution in [2.24, 2.45) is 21.1 Å². The van der Waals surface area contributed by atoms with Crippen LogP contribution >= 0.6 is 0 Å². The molecule has 0 amide bonds. The summed E-state index contributed by atoms with van der Waals surface area (Å²) in [4.78, 5) is 13.5. The van der Waals surface area contributed by atoms with Crippen LogP contribution in [0.1, 0.15) is 22.3 Å². The zero-order valence-corrected chi connectivity index (χ0v) is 13.9. The highest BCUT2D eigenvalue weighted by Crippen LogP contribution is 2.30. The van der Waals surface area contributed by atoms with Crippen molar-refractivity contribution in [1.29, 1.82) is 0 Å². The van der Waals surface area contributed by atoms with Crippen LogP contribution in [0.25, 0.3) is 34.2 Å². The molecule has 4 aromatic rings. The van der Waals surface area contributed by atoms with Crippen molar-refractivity contribution >= 4 is 0 Å². The Morgan fingerprint density at radius 3 is 0.963 bits per heavy atom. The first-order valence-electron chi connectivity index (χ1n) is 7.71. The summed E-state index contributed by atoms with van der Waals surface area (Å²) >= 11 is 0. The smallest absolute Gasteiger partial charge is 0.139 e. The fourth-order valence-electron chi connectivity index (χ4n) is 2.95. The molecule has 0 spiro atoms. The number of aromatic nitrogens is 6. The first-order valence-corrected chi connectivity index (χ1v) is 7.71. The van der Waals surface area contributed by atoms with Crippen molar-refractivity contribution < 1.29 is 0 Å². The van der Waals surface area contributed by atoms with Crippen molar-refractivity contribution in [1.82, 2.24) is 28.7 Å². The largest absolute Gasteiger partial charge is 0.334 e. The molecule has 144 valence electrons. The maximum Gasteiger partial charge on any atom is 0.139 e. The molecule has 27 heavy (non-hydrogen) atoms. The van der Waals surface area contributed by atoms with Gasteiger partial charge in [-0.1, -0.05) is 22.3 Å². The van der Waals surface area contributed by atoms with Crippen LogP contribution in [0.4, 0.5) is 0 Å². The van der Waals surface area contributed by atoms with Crippen LogP contribution in [0, 0.1) is 0 Å². The zero-order chi connectivity index (χ0) is 16.7. The molecule has 3 aromatic heterocycles. The van der Waals surface area contributed by atoms with Gasteiger partial charge >= 0.3 is 0 Å². The summed E-state index contributed by atoms with van der Waals surface area (Å²) in [6, 6.07) is 6.37. The molecule has 6 nitrogen and oxygen atoms in total. The van der Waals surface area contributed by atoms with Crippen molar-refractivity contribution in [3.63, 3.8) is 0 Å². The molecule has 0 aliphatic rings. The van der Waals surface area contributed by atoms with Gasteiger partial charge in [0.25, 0.3) is 0 Å². The summed E-state index contributed by atoms with van der Waals surface area (Å²) in [6.45, 7) is 0. The van der Waals surface area contributed by atoms with Crippen LogP contribution in [0.5, 0.6) is 0 Å². The van der Waals surface area contributed by atoms with E-state index in [2.05, 4.69) is 33.2 Å². The van der Waals surface area contributed by atoms with Gasteiger partial charge in [0, 0.05) is 75.0 Å². The topological polar surface area (TPSA) is 53.5 Å². The van der Waals surface area contributed by atoms with Crippen LogP contribution in [-0.4, -0.2) is 28.7 Å². The van der Waals surface area contributed by atoms with Gasteiger partial charge in [-0.2, -0.15) is 0 Å². The third-order valence-corrected chi connectivity index (χ3v) is 4.17. The normalized spacial score (nSPS) is 9.89. The third-order valence-electron chi connectivity index (χ3n) is 4.17. The summed E-state index contributed by atoms with van der Waals surface area (Å²) in [5.41, 5.74) is 3.13. The number of imidazole rings is 3. The molecule has 0 unspecified atom stereocenters. The van der Waals surface area contributed by atoms with Crippen LogP contribution in [0.2, 0.25) is 0 Å². The zero-order valence-electron chi connectivity index (χ0n) is 13.9. The van der Waals surface area contributed by atoms with Gasteiger partial charge in [0.05, 0.1) is 0 Å². The molecule has 0 saturated carbocycles. The highest BCUT2D eigenvalue weighted by molar-refractivity contribution is 5.75. The average Bonchev–Trinajstić information content (AvgIpc) is 3.28. The Balaban J connectivity index is 0.00000121. The minimum Gasteiger partial charge on any atom is -0.334 e. The van der Waals surface area contributed by atoms with E-state index in [0.717, 1.165) is 34.2 Å². The monoisotopic (exact) mass is 366 g/mol. The number of hydrogen-bond acceptors (Lipinski definition) is 3. The van der Waals surface area contributed by atoms with E-state index in [9.17, 15) is 0 Å². The molecule has 4 rings (SSSR count). The number of nitrogens with zero attached hydrogens (tertiary/aromatic N) is 6. The van der Waals surface area contributed by atoms with Crippen LogP contribution in [-0.2, 0) is 21.1 Å². The lowest BCUT2D eigenvalue weighted by molar-refractivity contribution is 0.916. The van der Waals surface area contributed by atoms with E-state index < -0.39 is 0 Å². The highest BCUT2D eigenvalue weighted by Gasteiger charge is 2.13. The molecule has 0 aliphatic heterocycles. The van der Waals surface area contributed by atoms with Gasteiger partial charge in [-0.15, -0.1) is 0 Å². The molecule has 6 heteroatoms. The van der Waals surface area contributed by atoms with E-state index in [4.69, 9.17) is 0 Å². The molecular weight excluding hydrogens is 336 g/mol. The lowest BCUT2D eigenvalue weighted by Crippen LogP contribution is -1.98. The molecule has 0 fully saturated rings. The predicted octanol–water partition coefficient (Wildman–Crippen LogP) is 4.80. The van der Waals surface area contributed by atoms with Crippen LogP contribution in [0.3, 0.4) is 0 Å². The van der Waals surface area contributed by atoms with Crippen molar-refractivity contribution in [2.45, 2.75) is 22.3 Å². The minimum absolute atomic E-state index is 0. The van der Waals surface area contributed by atoms with E-state index in [1.165, 1.54) is 0 Å². The Labute approximate surface area is 162 Å². The van der Waals surface area contributed by atoms with Gasteiger partial charge in [-0.3, -0.25) is 0 Å². The summed E-state index contributed by atoms with van der Waals surface area (Å²) in [6.07, 6.45) is 11.3. The van der Waals surface area contributed by atoms with Crippen molar-refractivity contribution in [3.05, 3.63) is 55.4 Å². The lowest BCUT2D eigenvalue weighted by Gasteiger charge is -2.10. The fraction of sp³-hybridized carbons (Fsp3) is 0.286. The van der Waals surface area contributed by atoms with E-state index in [1.54, 1.807) is 0 Å². The molecule has 0 N–H and O–H groups in total. The molecule has 3 heterocycles. The summed E-state index contributed by atoms with van der Waals surface area (Å²) in [5.74, 6) is 2.75. The lowest BCUT2D eigenvalue weighted by atomic mass is 10.0. The first kappa shape index (κ1) is 21.9. The third kappa shape index (κ3) is 3.84. The molecule has 0 atom stereocenters. The second-order valence-electron chi connectivity index (χ2n) is 5.88. The number of hydrogen-bond donors (Lipinski definition) is 0. The molecule has 1 aromatic carbocycles. The maximum atomic E-state index is 4.48. The SMILES string of the molecule is C.C.C.Cn1ccnc1-c1cc(-c2nccn2C)cc(-c2nccn2C)c1. The predicted molar refractivity (Wildman–Crippen MR) is 113 cm³/mol. The molecular formula is C21H30N6. The minimum atomic E-state index is 0. The van der Waals surface area contributed by atoms with Crippen LogP contribution < -0.4 is 0 Å². The van der Waals surface area contributed by atoms with E-state index in [1.807, 2.05) is 72.0 Å². The van der Waals surface area contributed by atoms with Crippen LogP contribution in [0.15, 0.2) is 55.4 Å². The summed E-state index contributed by atoms with van der Waals surface area (Å²) in [7, 11) is 5.99. The quantitative estimate of drug-likeness (QED) is 0.523. The number of aryl methyl sites for hydroxylation is 3. The van der Waals surface area contributed by atoms with E-state index >= 15 is 0 Å². The van der Waals surface area contributed by atoms with Gasteiger partial charge in [-0.25, -0.2) is 15.0 Å². The Bertz CT molecular complexity index is 864. The Morgan fingerprint density at radius 2 is 0.778 bits per heavy atom. The average molecular weight is 367 g/mol. The summed E-state index contributed by atoms with van der Waals surface area (Å²) in [5, 5.41) is 0. The van der Waals surface area contributed by atoms with Crippen molar-refractivity contribution in [2.75, 3.05) is 0 Å². The molecule has 0 saturated heterocycles. The second-order valence-corrected chi connectivity index (χ2v) is 5.88. The molecule has 0 aliphatic carbocycles. The standard InChI is InChI=1S/C18H18N6.3CH4/c1-22-7-4-19-16(22)13-10-14(17-20-5-8-23(17)2)12-15(11-13)18-21-6-9-24(18)3;;;/h4-12H,1-3H3;3*1H4. The van der Waals surface area contributed by atoms with E-state index in [-0.39, 0.29) is 22.3 Å². The maximum absolute atomic E-state index is 4.48. The molecule has 0 bridgehead atoms. The van der Waals surface area contributed by atoms with Gasteiger partial charge < -0.3 is 13.7 Å². The number of rotatable bonds is 3. The molecule has 0 radical (unpaired) electrons. The van der Waals surface area contributed by atoms with Gasteiger partial charge in [0.1, 0.15) is 17.5 Å². The van der Waals surface area contributed by atoms with Gasteiger partial charge in [0.2, 0.25) is 0 Å². The number of benzene rings is 1. The Hall–Kier alpha value is -3.15. The van der Waals surface area contributed by atoms with Gasteiger partial charge in [-0.05, 0) is 18.2 Å². The first-order chi connectivity index (χ1) is 11.6. The van der Waals surface area contributed by atoms with E-state index in [0.29, 0.717) is 0 Å². The second kappa shape index (κ2) is 8.49.